The molecule has 1 amide bonds. The van der Waals surface area contributed by atoms with Crippen LogP contribution in [0.4, 0.5) is 18.9 Å². The van der Waals surface area contributed by atoms with Gasteiger partial charge in [0.1, 0.15) is 5.65 Å². The summed E-state index contributed by atoms with van der Waals surface area (Å²) in [4.78, 5) is 17.2. The Morgan fingerprint density at radius 2 is 1.83 bits per heavy atom. The first-order valence-corrected chi connectivity index (χ1v) is 8.85. The molecule has 0 radical (unpaired) electrons. The highest BCUT2D eigenvalue weighted by Crippen LogP contribution is 2.31. The fourth-order valence-corrected chi connectivity index (χ4v) is 3.13. The standard InChI is InChI=1S/C22H16F3N3O/c1-14-6-5-11-28-13-19(26-20(14)28)17-9-2-3-10-18(17)27-21(29)15-7-4-8-16(12-15)22(23,24)25/h2-13H,1H3,(H,27,29). The number of fused-ring (bicyclic) bond motifs is 1. The van der Waals surface area contributed by atoms with E-state index in [0.29, 0.717) is 16.9 Å². The average Bonchev–Trinajstić information content (AvgIpc) is 3.13. The van der Waals surface area contributed by atoms with Gasteiger partial charge in [-0.2, -0.15) is 13.2 Å². The molecule has 29 heavy (non-hydrogen) atoms. The van der Waals surface area contributed by atoms with Gasteiger partial charge in [0.25, 0.3) is 5.91 Å². The first kappa shape index (κ1) is 18.7. The molecule has 0 aliphatic rings. The molecule has 4 rings (SSSR count). The SMILES string of the molecule is Cc1cccn2cc(-c3ccccc3NC(=O)c3cccc(C(F)(F)F)c3)nc12. The van der Waals surface area contributed by atoms with Gasteiger partial charge in [0.15, 0.2) is 0 Å². The van der Waals surface area contributed by atoms with Crippen LogP contribution in [-0.2, 0) is 6.18 Å². The molecule has 1 N–H and O–H groups in total. The summed E-state index contributed by atoms with van der Waals surface area (Å²) in [5.41, 5.74) is 2.66. The number of alkyl halides is 3. The summed E-state index contributed by atoms with van der Waals surface area (Å²) in [6, 6.07) is 15.3. The van der Waals surface area contributed by atoms with Crippen molar-refractivity contribution in [3.8, 4) is 11.3 Å². The fraction of sp³-hybridized carbons (Fsp3) is 0.0909. The number of amides is 1. The van der Waals surface area contributed by atoms with Crippen LogP contribution in [0.5, 0.6) is 0 Å². The first-order chi connectivity index (χ1) is 13.8. The zero-order valence-corrected chi connectivity index (χ0v) is 15.4. The molecule has 0 saturated heterocycles. The van der Waals surface area contributed by atoms with Crippen LogP contribution >= 0.6 is 0 Å². The van der Waals surface area contributed by atoms with Crippen LogP contribution in [0.3, 0.4) is 0 Å². The molecule has 0 aliphatic heterocycles. The molecule has 146 valence electrons. The van der Waals surface area contributed by atoms with Crippen LogP contribution < -0.4 is 5.32 Å². The number of rotatable bonds is 3. The average molecular weight is 395 g/mol. The van der Waals surface area contributed by atoms with Gasteiger partial charge in [-0.25, -0.2) is 4.98 Å². The monoisotopic (exact) mass is 395 g/mol. The largest absolute Gasteiger partial charge is 0.416 e. The lowest BCUT2D eigenvalue weighted by Gasteiger charge is -2.11. The second-order valence-corrected chi connectivity index (χ2v) is 6.63. The van der Waals surface area contributed by atoms with E-state index in [1.54, 1.807) is 18.2 Å². The predicted molar refractivity (Wildman–Crippen MR) is 105 cm³/mol. The number of pyridine rings is 1. The van der Waals surface area contributed by atoms with E-state index in [4.69, 9.17) is 0 Å². The summed E-state index contributed by atoms with van der Waals surface area (Å²) >= 11 is 0. The highest BCUT2D eigenvalue weighted by atomic mass is 19.4. The van der Waals surface area contributed by atoms with Gasteiger partial charge in [0, 0.05) is 23.5 Å². The van der Waals surface area contributed by atoms with E-state index in [1.165, 1.54) is 12.1 Å². The third kappa shape index (κ3) is 3.71. The van der Waals surface area contributed by atoms with E-state index in [-0.39, 0.29) is 5.56 Å². The number of aromatic nitrogens is 2. The van der Waals surface area contributed by atoms with Crippen molar-refractivity contribution in [3.63, 3.8) is 0 Å². The quantitative estimate of drug-likeness (QED) is 0.492. The fourth-order valence-electron chi connectivity index (χ4n) is 3.13. The van der Waals surface area contributed by atoms with E-state index in [9.17, 15) is 18.0 Å². The zero-order chi connectivity index (χ0) is 20.6. The van der Waals surface area contributed by atoms with Crippen molar-refractivity contribution in [2.75, 3.05) is 5.32 Å². The molecule has 7 heteroatoms. The summed E-state index contributed by atoms with van der Waals surface area (Å²) in [7, 11) is 0. The Kier molecular flexibility index (Phi) is 4.58. The molecule has 2 heterocycles. The van der Waals surface area contributed by atoms with Gasteiger partial charge in [-0.1, -0.05) is 30.3 Å². The number of nitrogens with zero attached hydrogens (tertiary/aromatic N) is 2. The molecule has 2 aromatic carbocycles. The Labute approximate surface area is 164 Å². The zero-order valence-electron chi connectivity index (χ0n) is 15.4. The Morgan fingerprint density at radius 1 is 1.03 bits per heavy atom. The molecular weight excluding hydrogens is 379 g/mol. The number of nitrogens with one attached hydrogen (secondary N) is 1. The molecule has 4 nitrogen and oxygen atoms in total. The van der Waals surface area contributed by atoms with Crippen molar-refractivity contribution in [1.29, 1.82) is 0 Å². The minimum absolute atomic E-state index is 0.0690. The maximum Gasteiger partial charge on any atom is 0.416 e. The number of carbonyl (C=O) groups excluding carboxylic acids is 1. The second kappa shape index (κ2) is 7.09. The van der Waals surface area contributed by atoms with Gasteiger partial charge in [-0.3, -0.25) is 4.79 Å². The van der Waals surface area contributed by atoms with E-state index in [2.05, 4.69) is 10.3 Å². The van der Waals surface area contributed by atoms with Crippen molar-refractivity contribution < 1.29 is 18.0 Å². The minimum Gasteiger partial charge on any atom is -0.321 e. The highest BCUT2D eigenvalue weighted by Gasteiger charge is 2.31. The van der Waals surface area contributed by atoms with E-state index >= 15 is 0 Å². The van der Waals surface area contributed by atoms with Gasteiger partial charge in [0.05, 0.1) is 16.9 Å². The number of aryl methyl sites for hydroxylation is 1. The van der Waals surface area contributed by atoms with Crippen molar-refractivity contribution in [2.45, 2.75) is 13.1 Å². The van der Waals surface area contributed by atoms with Crippen LogP contribution in [0.2, 0.25) is 0 Å². The lowest BCUT2D eigenvalue weighted by atomic mass is 10.1. The second-order valence-electron chi connectivity index (χ2n) is 6.63. The van der Waals surface area contributed by atoms with Crippen molar-refractivity contribution in [3.05, 3.63) is 89.7 Å². The summed E-state index contributed by atoms with van der Waals surface area (Å²) in [5.74, 6) is -0.622. The minimum atomic E-state index is -4.51. The van der Waals surface area contributed by atoms with Crippen LogP contribution in [0.1, 0.15) is 21.5 Å². The van der Waals surface area contributed by atoms with Crippen LogP contribution in [0.15, 0.2) is 73.1 Å². The molecule has 0 spiro atoms. The number of anilines is 1. The molecule has 2 aromatic heterocycles. The summed E-state index contributed by atoms with van der Waals surface area (Å²) in [5, 5.41) is 2.71. The van der Waals surface area contributed by atoms with E-state index in [0.717, 1.165) is 23.3 Å². The smallest absolute Gasteiger partial charge is 0.321 e. The van der Waals surface area contributed by atoms with E-state index < -0.39 is 17.6 Å². The topological polar surface area (TPSA) is 46.4 Å². The molecule has 0 unspecified atom stereocenters. The van der Waals surface area contributed by atoms with Gasteiger partial charge in [0.2, 0.25) is 0 Å². The third-order valence-electron chi connectivity index (χ3n) is 4.58. The van der Waals surface area contributed by atoms with Crippen LogP contribution in [0.25, 0.3) is 16.9 Å². The molecular formula is C22H16F3N3O. The first-order valence-electron chi connectivity index (χ1n) is 8.85. The maximum absolute atomic E-state index is 12.9. The lowest BCUT2D eigenvalue weighted by molar-refractivity contribution is -0.137. The van der Waals surface area contributed by atoms with Gasteiger partial charge in [-0.05, 0) is 42.8 Å². The molecule has 4 aromatic rings. The van der Waals surface area contributed by atoms with Gasteiger partial charge in [-0.15, -0.1) is 0 Å². The van der Waals surface area contributed by atoms with Crippen molar-refractivity contribution in [2.24, 2.45) is 0 Å². The molecule has 0 bridgehead atoms. The van der Waals surface area contributed by atoms with E-state index in [1.807, 2.05) is 41.9 Å². The molecule has 0 aliphatic carbocycles. The number of para-hydroxylation sites is 1. The van der Waals surface area contributed by atoms with Crippen LogP contribution in [-0.4, -0.2) is 15.3 Å². The lowest BCUT2D eigenvalue weighted by Crippen LogP contribution is -2.14. The molecule has 0 saturated carbocycles. The number of benzene rings is 2. The number of hydrogen-bond acceptors (Lipinski definition) is 2. The maximum atomic E-state index is 12.9. The summed E-state index contributed by atoms with van der Waals surface area (Å²) < 4.78 is 40.7. The molecule has 0 fully saturated rings. The Balaban J connectivity index is 1.69. The predicted octanol–water partition coefficient (Wildman–Crippen LogP) is 5.58. The van der Waals surface area contributed by atoms with Gasteiger partial charge < -0.3 is 9.72 Å². The number of carbonyl (C=O) groups is 1. The number of hydrogen-bond donors (Lipinski definition) is 1. The summed E-state index contributed by atoms with van der Waals surface area (Å²) in [6.07, 6.45) is -0.789. The Hall–Kier alpha value is -3.61. The number of imidazole rings is 1. The normalized spacial score (nSPS) is 11.6. The number of halogens is 3. The van der Waals surface area contributed by atoms with Crippen molar-refractivity contribution >= 4 is 17.2 Å². The Bertz CT molecular complexity index is 1210. The van der Waals surface area contributed by atoms with Crippen LogP contribution in [0, 0.1) is 6.92 Å². The molecule has 0 atom stereocenters. The van der Waals surface area contributed by atoms with Crippen molar-refractivity contribution in [1.82, 2.24) is 9.38 Å². The summed E-state index contributed by atoms with van der Waals surface area (Å²) in [6.45, 7) is 1.95. The van der Waals surface area contributed by atoms with Gasteiger partial charge >= 0.3 is 6.18 Å². The third-order valence-corrected chi connectivity index (χ3v) is 4.58. The Morgan fingerprint density at radius 3 is 2.59 bits per heavy atom. The highest BCUT2D eigenvalue weighted by molar-refractivity contribution is 6.06.